The Bertz CT molecular complexity index is 1360. The minimum absolute atomic E-state index is 0.188. The first-order valence-corrected chi connectivity index (χ1v) is 10.5. The molecular weight excluding hydrogens is 430 g/mol. The molecule has 0 aliphatic carbocycles. The van der Waals surface area contributed by atoms with Crippen molar-refractivity contribution in [2.24, 2.45) is 5.73 Å². The molecule has 1 aliphatic rings. The topological polar surface area (TPSA) is 109 Å². The lowest BCUT2D eigenvalue weighted by atomic mass is 9.93. The molecule has 8 nitrogen and oxygen atoms in total. The minimum atomic E-state index is -1.00. The summed E-state index contributed by atoms with van der Waals surface area (Å²) in [4.78, 5) is 25.9. The van der Waals surface area contributed by atoms with E-state index in [1.807, 2.05) is 24.4 Å². The molecule has 5 rings (SSSR count). The maximum atomic E-state index is 13.9. The number of rotatable bonds is 4. The number of H-pyrrole nitrogens is 1. The standard InChI is InChI=1S/C23H22F2N6O2/c1-33-22-21(29-18-10-15(24)16(25)11-19(18)30-22)20-9-13(28-23(26)32)5-7-31(20)14-2-3-17-12(8-14)4-6-27-17/h2-4,6,8,10-11,13,20,27H,5,7,9H2,1H3,(H3,26,28,32). The Morgan fingerprint density at radius 2 is 1.94 bits per heavy atom. The summed E-state index contributed by atoms with van der Waals surface area (Å²) in [6.45, 7) is 0.603. The molecule has 0 bridgehead atoms. The summed E-state index contributed by atoms with van der Waals surface area (Å²) < 4.78 is 33.2. The van der Waals surface area contributed by atoms with Gasteiger partial charge in [-0.1, -0.05) is 0 Å². The number of amides is 2. The maximum Gasteiger partial charge on any atom is 0.312 e. The molecule has 2 aromatic carbocycles. The number of primary amides is 1. The van der Waals surface area contributed by atoms with Gasteiger partial charge in [-0.05, 0) is 37.1 Å². The molecule has 2 atom stereocenters. The predicted octanol–water partition coefficient (Wildman–Crippen LogP) is 3.78. The third-order valence-electron chi connectivity index (χ3n) is 6.03. The number of nitrogens with two attached hydrogens (primary N) is 1. The van der Waals surface area contributed by atoms with E-state index >= 15 is 0 Å². The van der Waals surface area contributed by atoms with Crippen molar-refractivity contribution in [1.82, 2.24) is 20.3 Å². The van der Waals surface area contributed by atoms with Crippen LogP contribution >= 0.6 is 0 Å². The smallest absolute Gasteiger partial charge is 0.312 e. The van der Waals surface area contributed by atoms with Crippen molar-refractivity contribution < 1.29 is 18.3 Å². The van der Waals surface area contributed by atoms with E-state index in [2.05, 4.69) is 31.2 Å². The SMILES string of the molecule is COc1nc2cc(F)c(F)cc2nc1C1CC(NC(N)=O)CCN1c1ccc2[nH]ccc2c1. The molecular formula is C23H22F2N6O2. The molecule has 2 unspecified atom stereocenters. The van der Waals surface area contributed by atoms with E-state index in [9.17, 15) is 13.6 Å². The van der Waals surface area contributed by atoms with Crippen LogP contribution in [0.25, 0.3) is 21.9 Å². The lowest BCUT2D eigenvalue weighted by molar-refractivity contribution is 0.240. The first-order chi connectivity index (χ1) is 15.9. The van der Waals surface area contributed by atoms with Crippen molar-refractivity contribution in [2.75, 3.05) is 18.6 Å². The number of aromatic nitrogens is 3. The van der Waals surface area contributed by atoms with Crippen molar-refractivity contribution in [3.63, 3.8) is 0 Å². The van der Waals surface area contributed by atoms with E-state index < -0.39 is 17.7 Å². The summed E-state index contributed by atoms with van der Waals surface area (Å²) >= 11 is 0. The molecule has 4 N–H and O–H groups in total. The highest BCUT2D eigenvalue weighted by atomic mass is 19.2. The molecule has 0 spiro atoms. The lowest BCUT2D eigenvalue weighted by Gasteiger charge is -2.41. The van der Waals surface area contributed by atoms with Gasteiger partial charge in [-0.2, -0.15) is 0 Å². The number of hydrogen-bond acceptors (Lipinski definition) is 5. The first-order valence-electron chi connectivity index (χ1n) is 10.5. The Hall–Kier alpha value is -3.95. The molecule has 170 valence electrons. The predicted molar refractivity (Wildman–Crippen MR) is 120 cm³/mol. The fourth-order valence-corrected chi connectivity index (χ4v) is 4.50. The van der Waals surface area contributed by atoms with E-state index in [0.717, 1.165) is 28.7 Å². The molecule has 33 heavy (non-hydrogen) atoms. The van der Waals surface area contributed by atoms with Gasteiger partial charge in [-0.15, -0.1) is 0 Å². The Morgan fingerprint density at radius 3 is 2.67 bits per heavy atom. The van der Waals surface area contributed by atoms with Crippen molar-refractivity contribution in [2.45, 2.75) is 24.9 Å². The number of benzene rings is 2. The number of nitrogens with zero attached hydrogens (tertiary/aromatic N) is 3. The van der Waals surface area contributed by atoms with Crippen molar-refractivity contribution in [3.8, 4) is 5.88 Å². The van der Waals surface area contributed by atoms with Crippen molar-refractivity contribution in [3.05, 3.63) is 59.9 Å². The van der Waals surface area contributed by atoms with E-state index in [4.69, 9.17) is 10.5 Å². The maximum absolute atomic E-state index is 13.9. The number of halogens is 2. The van der Waals surface area contributed by atoms with Crippen LogP contribution in [0.2, 0.25) is 0 Å². The van der Waals surface area contributed by atoms with Gasteiger partial charge < -0.3 is 25.7 Å². The number of carbonyl (C=O) groups is 1. The zero-order valence-electron chi connectivity index (χ0n) is 17.8. The molecule has 2 aromatic heterocycles. The number of urea groups is 1. The third kappa shape index (κ3) is 3.88. The van der Waals surface area contributed by atoms with Crippen LogP contribution < -0.4 is 20.7 Å². The second kappa shape index (κ2) is 8.19. The van der Waals surface area contributed by atoms with E-state index in [-0.39, 0.29) is 29.0 Å². The summed E-state index contributed by atoms with van der Waals surface area (Å²) in [5, 5.41) is 3.83. The van der Waals surface area contributed by atoms with Gasteiger partial charge in [-0.3, -0.25) is 0 Å². The monoisotopic (exact) mass is 452 g/mol. The molecule has 10 heteroatoms. The summed E-state index contributed by atoms with van der Waals surface area (Å²) in [7, 11) is 1.46. The minimum Gasteiger partial charge on any atom is -0.480 e. The molecule has 3 heterocycles. The number of methoxy groups -OCH3 is 1. The summed E-state index contributed by atoms with van der Waals surface area (Å²) in [6, 6.07) is 8.94. The van der Waals surface area contributed by atoms with Crippen molar-refractivity contribution >= 4 is 33.7 Å². The van der Waals surface area contributed by atoms with Crippen LogP contribution in [0.4, 0.5) is 19.3 Å². The number of fused-ring (bicyclic) bond motifs is 2. The second-order valence-electron chi connectivity index (χ2n) is 8.06. The Labute approximate surface area is 187 Å². The summed E-state index contributed by atoms with van der Waals surface area (Å²) in [5.41, 5.74) is 8.22. The normalized spacial score (nSPS) is 18.6. The fourth-order valence-electron chi connectivity index (χ4n) is 4.50. The fraction of sp³-hybridized carbons (Fsp3) is 0.261. The van der Waals surface area contributed by atoms with Gasteiger partial charge >= 0.3 is 6.03 Å². The number of aromatic amines is 1. The molecule has 0 saturated carbocycles. The first kappa shape index (κ1) is 20.9. The third-order valence-corrected chi connectivity index (χ3v) is 6.03. The number of anilines is 1. The van der Waals surface area contributed by atoms with Gasteiger partial charge in [0.1, 0.15) is 5.69 Å². The largest absolute Gasteiger partial charge is 0.480 e. The number of hydrogen-bond donors (Lipinski definition) is 3. The van der Waals surface area contributed by atoms with E-state index in [1.54, 1.807) is 0 Å². The molecule has 2 amide bonds. The number of piperidine rings is 1. The zero-order valence-corrected chi connectivity index (χ0v) is 17.8. The van der Waals surface area contributed by atoms with Gasteiger partial charge in [-0.25, -0.2) is 23.5 Å². The Balaban J connectivity index is 1.63. The van der Waals surface area contributed by atoms with Crippen LogP contribution in [-0.2, 0) is 0 Å². The van der Waals surface area contributed by atoms with Gasteiger partial charge in [0.2, 0.25) is 5.88 Å². The van der Waals surface area contributed by atoms with Crippen LogP contribution in [0.15, 0.2) is 42.6 Å². The summed E-state index contributed by atoms with van der Waals surface area (Å²) in [5.74, 6) is -1.79. The van der Waals surface area contributed by atoms with Crippen LogP contribution in [-0.4, -0.2) is 40.7 Å². The zero-order chi connectivity index (χ0) is 23.1. The second-order valence-corrected chi connectivity index (χ2v) is 8.06. The highest BCUT2D eigenvalue weighted by Gasteiger charge is 2.34. The van der Waals surface area contributed by atoms with E-state index in [0.29, 0.717) is 25.1 Å². The molecule has 1 saturated heterocycles. The van der Waals surface area contributed by atoms with Crippen LogP contribution in [0.1, 0.15) is 24.6 Å². The lowest BCUT2D eigenvalue weighted by Crippen LogP contribution is -2.48. The average Bonchev–Trinajstić information content (AvgIpc) is 3.26. The highest BCUT2D eigenvalue weighted by Crippen LogP contribution is 2.39. The van der Waals surface area contributed by atoms with Crippen molar-refractivity contribution in [1.29, 1.82) is 0 Å². The van der Waals surface area contributed by atoms with Crippen LogP contribution in [0.3, 0.4) is 0 Å². The molecule has 1 fully saturated rings. The Morgan fingerprint density at radius 1 is 1.18 bits per heavy atom. The molecule has 0 radical (unpaired) electrons. The van der Waals surface area contributed by atoms with Crippen LogP contribution in [0.5, 0.6) is 5.88 Å². The average molecular weight is 452 g/mol. The molecule has 1 aliphatic heterocycles. The van der Waals surface area contributed by atoms with Gasteiger partial charge in [0, 0.05) is 47.5 Å². The number of nitrogens with one attached hydrogen (secondary N) is 2. The van der Waals surface area contributed by atoms with E-state index in [1.165, 1.54) is 7.11 Å². The number of ether oxygens (including phenoxy) is 1. The van der Waals surface area contributed by atoms with Gasteiger partial charge in [0.05, 0.1) is 24.2 Å². The number of carbonyl (C=O) groups excluding carboxylic acids is 1. The molecule has 4 aromatic rings. The highest BCUT2D eigenvalue weighted by molar-refractivity contribution is 5.83. The Kier molecular flexibility index (Phi) is 5.20. The van der Waals surface area contributed by atoms with Gasteiger partial charge in [0.25, 0.3) is 0 Å². The quantitative estimate of drug-likeness (QED) is 0.437. The van der Waals surface area contributed by atoms with Crippen LogP contribution in [0, 0.1) is 11.6 Å². The summed E-state index contributed by atoms with van der Waals surface area (Å²) in [6.07, 6.45) is 3.03. The van der Waals surface area contributed by atoms with Gasteiger partial charge in [0.15, 0.2) is 11.6 Å².